The third-order valence-electron chi connectivity index (χ3n) is 3.21. The van der Waals surface area contributed by atoms with Crippen molar-refractivity contribution in [1.82, 2.24) is 5.32 Å². The first-order valence-electron chi connectivity index (χ1n) is 6.41. The maximum absolute atomic E-state index is 6.51. The van der Waals surface area contributed by atoms with Crippen LogP contribution in [-0.2, 0) is 0 Å². The molecule has 3 heteroatoms. The summed E-state index contributed by atoms with van der Waals surface area (Å²) in [6.45, 7) is 3.78. The molecule has 1 heterocycles. The fraction of sp³-hybridized carbons (Fsp3) is 0.571. The Morgan fingerprint density at radius 3 is 2.71 bits per heavy atom. The van der Waals surface area contributed by atoms with E-state index in [1.165, 1.54) is 24.8 Å². The quantitative estimate of drug-likeness (QED) is 0.830. The maximum Gasteiger partial charge on any atom is 0.119 e. The highest BCUT2D eigenvalue weighted by Crippen LogP contribution is 2.29. The minimum Gasteiger partial charge on any atom is -0.494 e. The number of benzene rings is 1. The van der Waals surface area contributed by atoms with Gasteiger partial charge in [-0.3, -0.25) is 0 Å². The second kappa shape index (κ2) is 6.27. The lowest BCUT2D eigenvalue weighted by atomic mass is 9.97. The Bertz CT molecular complexity index is 333. The van der Waals surface area contributed by atoms with Crippen LogP contribution in [0.25, 0.3) is 0 Å². The summed E-state index contributed by atoms with van der Waals surface area (Å²) < 4.78 is 5.43. The van der Waals surface area contributed by atoms with E-state index >= 15 is 0 Å². The Morgan fingerprint density at radius 2 is 2.12 bits per heavy atom. The van der Waals surface area contributed by atoms with Gasteiger partial charge in [-0.05, 0) is 44.0 Å². The number of alkyl halides is 1. The SMILES string of the molecule is CCOc1ccc(C(Cl)C2CCCCN2)cc1. The largest absolute Gasteiger partial charge is 0.494 e. The minimum atomic E-state index is 0.0611. The second-order valence-electron chi connectivity index (χ2n) is 4.46. The van der Waals surface area contributed by atoms with Gasteiger partial charge in [-0.1, -0.05) is 18.6 Å². The van der Waals surface area contributed by atoms with Gasteiger partial charge in [-0.2, -0.15) is 0 Å². The Morgan fingerprint density at radius 1 is 1.35 bits per heavy atom. The van der Waals surface area contributed by atoms with Crippen LogP contribution in [0.4, 0.5) is 0 Å². The number of hydrogen-bond acceptors (Lipinski definition) is 2. The molecule has 2 rings (SSSR count). The number of hydrogen-bond donors (Lipinski definition) is 1. The summed E-state index contributed by atoms with van der Waals surface area (Å²) >= 11 is 6.51. The molecule has 0 bridgehead atoms. The number of rotatable bonds is 4. The zero-order valence-corrected chi connectivity index (χ0v) is 11.0. The van der Waals surface area contributed by atoms with Crippen LogP contribution < -0.4 is 10.1 Å². The standard InChI is InChI=1S/C14H20ClNO/c1-2-17-12-8-6-11(7-9-12)14(15)13-5-3-4-10-16-13/h6-9,13-14,16H,2-5,10H2,1H3. The Balaban J connectivity index is 2.00. The monoisotopic (exact) mass is 253 g/mol. The molecule has 2 unspecified atom stereocenters. The summed E-state index contributed by atoms with van der Waals surface area (Å²) in [5.74, 6) is 0.914. The van der Waals surface area contributed by atoms with Gasteiger partial charge in [-0.15, -0.1) is 11.6 Å². The van der Waals surface area contributed by atoms with Gasteiger partial charge in [0.15, 0.2) is 0 Å². The van der Waals surface area contributed by atoms with E-state index in [9.17, 15) is 0 Å². The summed E-state index contributed by atoms with van der Waals surface area (Å²) in [6.07, 6.45) is 3.71. The summed E-state index contributed by atoms with van der Waals surface area (Å²) in [5.41, 5.74) is 1.18. The molecule has 0 saturated carbocycles. The normalized spacial score (nSPS) is 22.1. The number of piperidine rings is 1. The van der Waals surface area contributed by atoms with E-state index in [4.69, 9.17) is 16.3 Å². The van der Waals surface area contributed by atoms with E-state index in [2.05, 4.69) is 17.4 Å². The van der Waals surface area contributed by atoms with E-state index in [1.54, 1.807) is 0 Å². The number of halogens is 1. The molecule has 1 saturated heterocycles. The molecule has 1 aliphatic heterocycles. The average Bonchev–Trinajstić information content (AvgIpc) is 2.40. The molecular weight excluding hydrogens is 234 g/mol. The Labute approximate surface area is 108 Å². The zero-order valence-electron chi connectivity index (χ0n) is 10.3. The lowest BCUT2D eigenvalue weighted by molar-refractivity contribution is 0.340. The predicted octanol–water partition coefficient (Wildman–Crippen LogP) is 3.51. The Hall–Kier alpha value is -0.730. The van der Waals surface area contributed by atoms with E-state index < -0.39 is 0 Å². The third-order valence-corrected chi connectivity index (χ3v) is 3.77. The van der Waals surface area contributed by atoms with Crippen LogP contribution in [0.2, 0.25) is 0 Å². The number of ether oxygens (including phenoxy) is 1. The highest BCUT2D eigenvalue weighted by atomic mass is 35.5. The van der Waals surface area contributed by atoms with Crippen molar-refractivity contribution in [2.75, 3.05) is 13.2 Å². The molecule has 1 fully saturated rings. The molecule has 0 spiro atoms. The fourth-order valence-corrected chi connectivity index (χ4v) is 2.64. The second-order valence-corrected chi connectivity index (χ2v) is 4.93. The van der Waals surface area contributed by atoms with Crippen molar-refractivity contribution >= 4 is 11.6 Å². The van der Waals surface area contributed by atoms with Crippen LogP contribution in [-0.4, -0.2) is 19.2 Å². The highest BCUT2D eigenvalue weighted by Gasteiger charge is 2.22. The van der Waals surface area contributed by atoms with Crippen molar-refractivity contribution < 1.29 is 4.74 Å². The first-order chi connectivity index (χ1) is 8.31. The van der Waals surface area contributed by atoms with Crippen molar-refractivity contribution in [1.29, 1.82) is 0 Å². The van der Waals surface area contributed by atoms with Crippen LogP contribution in [0.3, 0.4) is 0 Å². The van der Waals surface area contributed by atoms with E-state index in [0.717, 1.165) is 12.3 Å². The topological polar surface area (TPSA) is 21.3 Å². The molecule has 1 aliphatic rings. The third kappa shape index (κ3) is 3.36. The van der Waals surface area contributed by atoms with Crippen molar-refractivity contribution in [3.8, 4) is 5.75 Å². The predicted molar refractivity (Wildman–Crippen MR) is 71.8 cm³/mol. The van der Waals surface area contributed by atoms with Crippen LogP contribution in [0.1, 0.15) is 37.1 Å². The van der Waals surface area contributed by atoms with Gasteiger partial charge in [0.05, 0.1) is 12.0 Å². The van der Waals surface area contributed by atoms with Crippen molar-refractivity contribution in [3.63, 3.8) is 0 Å². The molecule has 0 amide bonds. The molecule has 94 valence electrons. The van der Waals surface area contributed by atoms with Crippen LogP contribution in [0.5, 0.6) is 5.75 Å². The Kier molecular flexibility index (Phi) is 4.69. The molecule has 0 aromatic heterocycles. The van der Waals surface area contributed by atoms with Crippen LogP contribution >= 0.6 is 11.6 Å². The lowest BCUT2D eigenvalue weighted by Gasteiger charge is -2.27. The molecule has 1 aromatic rings. The fourth-order valence-electron chi connectivity index (χ4n) is 2.28. The molecule has 1 aromatic carbocycles. The van der Waals surface area contributed by atoms with Gasteiger partial charge in [-0.25, -0.2) is 0 Å². The van der Waals surface area contributed by atoms with Gasteiger partial charge >= 0.3 is 0 Å². The lowest BCUT2D eigenvalue weighted by Crippen LogP contribution is -2.37. The summed E-state index contributed by atoms with van der Waals surface area (Å²) in [4.78, 5) is 0. The van der Waals surface area contributed by atoms with E-state index in [-0.39, 0.29) is 5.38 Å². The molecule has 2 atom stereocenters. The first kappa shape index (κ1) is 12.7. The van der Waals surface area contributed by atoms with Gasteiger partial charge in [0.1, 0.15) is 5.75 Å². The zero-order chi connectivity index (χ0) is 12.1. The van der Waals surface area contributed by atoms with E-state index in [1.807, 2.05) is 19.1 Å². The van der Waals surface area contributed by atoms with Crippen molar-refractivity contribution in [2.45, 2.75) is 37.6 Å². The molecule has 0 radical (unpaired) electrons. The van der Waals surface area contributed by atoms with Gasteiger partial charge in [0, 0.05) is 6.04 Å². The van der Waals surface area contributed by atoms with Crippen LogP contribution in [0, 0.1) is 0 Å². The summed E-state index contributed by atoms with van der Waals surface area (Å²) in [6, 6.07) is 8.54. The molecular formula is C14H20ClNO. The van der Waals surface area contributed by atoms with Gasteiger partial charge in [0.2, 0.25) is 0 Å². The van der Waals surface area contributed by atoms with Crippen molar-refractivity contribution in [3.05, 3.63) is 29.8 Å². The molecule has 2 nitrogen and oxygen atoms in total. The maximum atomic E-state index is 6.51. The van der Waals surface area contributed by atoms with E-state index in [0.29, 0.717) is 12.6 Å². The summed E-state index contributed by atoms with van der Waals surface area (Å²) in [7, 11) is 0. The first-order valence-corrected chi connectivity index (χ1v) is 6.85. The molecule has 0 aliphatic carbocycles. The van der Waals surface area contributed by atoms with Crippen molar-refractivity contribution in [2.24, 2.45) is 0 Å². The van der Waals surface area contributed by atoms with Gasteiger partial charge in [0.25, 0.3) is 0 Å². The molecule has 1 N–H and O–H groups in total. The highest BCUT2D eigenvalue weighted by molar-refractivity contribution is 6.21. The van der Waals surface area contributed by atoms with Crippen LogP contribution in [0.15, 0.2) is 24.3 Å². The summed E-state index contributed by atoms with van der Waals surface area (Å²) in [5, 5.41) is 3.56. The average molecular weight is 254 g/mol. The van der Waals surface area contributed by atoms with Gasteiger partial charge < -0.3 is 10.1 Å². The number of nitrogens with one attached hydrogen (secondary N) is 1. The smallest absolute Gasteiger partial charge is 0.119 e. The minimum absolute atomic E-state index is 0.0611. The molecule has 17 heavy (non-hydrogen) atoms.